The topological polar surface area (TPSA) is 46.6 Å². The van der Waals surface area contributed by atoms with Gasteiger partial charge in [0, 0.05) is 13.7 Å². The average molecular weight is 361 g/mol. The molecule has 2 rings (SSSR count). The van der Waals surface area contributed by atoms with Gasteiger partial charge in [0.05, 0.1) is 21.5 Å². The molecule has 0 spiro atoms. The molecule has 0 saturated carbocycles. The molecular weight excluding hydrogens is 350 g/mol. The molecular formula is C9H11BrClNO3S2. The van der Waals surface area contributed by atoms with Gasteiger partial charge in [0.1, 0.15) is 4.21 Å². The number of likely N-dealkylation sites (N-methyl/N-ethyl adjacent to an activating group) is 1. The van der Waals surface area contributed by atoms with E-state index in [-0.39, 0.29) is 10.3 Å². The van der Waals surface area contributed by atoms with Gasteiger partial charge in [-0.1, -0.05) is 11.6 Å². The van der Waals surface area contributed by atoms with Crippen LogP contribution in [0.15, 0.2) is 14.1 Å². The van der Waals surface area contributed by atoms with Crippen LogP contribution in [0.2, 0.25) is 5.02 Å². The third-order valence-corrected chi connectivity index (χ3v) is 7.51. The first kappa shape index (κ1) is 13.8. The van der Waals surface area contributed by atoms with E-state index in [0.29, 0.717) is 22.0 Å². The normalized spacial score (nSPS) is 21.3. The average Bonchev–Trinajstić information content (AvgIpc) is 2.88. The molecule has 0 amide bonds. The Kier molecular flexibility index (Phi) is 4.16. The summed E-state index contributed by atoms with van der Waals surface area (Å²) in [6.07, 6.45) is 0.732. The molecule has 1 aromatic heterocycles. The van der Waals surface area contributed by atoms with Gasteiger partial charge in [-0.15, -0.1) is 11.3 Å². The van der Waals surface area contributed by atoms with Crippen LogP contribution in [0.3, 0.4) is 0 Å². The molecule has 1 aliphatic rings. The molecule has 8 heteroatoms. The van der Waals surface area contributed by atoms with Crippen molar-refractivity contribution >= 4 is 48.9 Å². The molecule has 0 radical (unpaired) electrons. The fraction of sp³-hybridized carbons (Fsp3) is 0.556. The molecule has 0 aliphatic carbocycles. The molecule has 1 atom stereocenters. The zero-order valence-electron chi connectivity index (χ0n) is 9.02. The molecule has 1 fully saturated rings. The van der Waals surface area contributed by atoms with Crippen molar-refractivity contribution in [3.8, 4) is 0 Å². The molecule has 4 nitrogen and oxygen atoms in total. The summed E-state index contributed by atoms with van der Waals surface area (Å²) in [5.41, 5.74) is 0. The smallest absolute Gasteiger partial charge is 0.252 e. The first-order valence-electron chi connectivity index (χ1n) is 4.93. The van der Waals surface area contributed by atoms with Crippen molar-refractivity contribution in [2.45, 2.75) is 16.7 Å². The predicted octanol–water partition coefficient (Wildman–Crippen LogP) is 2.57. The van der Waals surface area contributed by atoms with E-state index in [0.717, 1.165) is 17.8 Å². The molecule has 0 bridgehead atoms. The van der Waals surface area contributed by atoms with Crippen LogP contribution >= 0.6 is 38.9 Å². The van der Waals surface area contributed by atoms with E-state index in [1.165, 1.54) is 10.4 Å². The van der Waals surface area contributed by atoms with Crippen molar-refractivity contribution < 1.29 is 13.2 Å². The number of halogens is 2. The van der Waals surface area contributed by atoms with Crippen LogP contribution in [0, 0.1) is 0 Å². The second kappa shape index (κ2) is 5.14. The summed E-state index contributed by atoms with van der Waals surface area (Å²) in [6, 6.07) is 1.39. The first-order valence-corrected chi connectivity index (χ1v) is 8.36. The van der Waals surface area contributed by atoms with Crippen LogP contribution in [0.5, 0.6) is 0 Å². The summed E-state index contributed by atoms with van der Waals surface area (Å²) in [4.78, 5) is 0. The Labute approximate surface area is 118 Å². The van der Waals surface area contributed by atoms with Crippen molar-refractivity contribution in [1.29, 1.82) is 0 Å². The van der Waals surface area contributed by atoms with E-state index < -0.39 is 10.0 Å². The highest BCUT2D eigenvalue weighted by Crippen LogP contribution is 2.36. The molecule has 96 valence electrons. The maximum absolute atomic E-state index is 12.3. The monoisotopic (exact) mass is 359 g/mol. The predicted molar refractivity (Wildman–Crippen MR) is 71.2 cm³/mol. The molecule has 0 N–H and O–H groups in total. The lowest BCUT2D eigenvalue weighted by Crippen LogP contribution is -2.36. The maximum atomic E-state index is 12.3. The van der Waals surface area contributed by atoms with Gasteiger partial charge in [0.2, 0.25) is 0 Å². The zero-order valence-corrected chi connectivity index (χ0v) is 13.0. The highest BCUT2D eigenvalue weighted by Gasteiger charge is 2.32. The Morgan fingerprint density at radius 3 is 2.82 bits per heavy atom. The quantitative estimate of drug-likeness (QED) is 0.832. The molecule has 2 heterocycles. The minimum Gasteiger partial charge on any atom is -0.380 e. The van der Waals surface area contributed by atoms with Gasteiger partial charge in [-0.3, -0.25) is 0 Å². The number of sulfonamides is 1. The van der Waals surface area contributed by atoms with Gasteiger partial charge in [-0.25, -0.2) is 8.42 Å². The van der Waals surface area contributed by atoms with E-state index in [4.69, 9.17) is 16.3 Å². The Balaban J connectivity index is 2.29. The fourth-order valence-electron chi connectivity index (χ4n) is 1.60. The summed E-state index contributed by atoms with van der Waals surface area (Å²) in [5, 5.41) is 0.421. The second-order valence-electron chi connectivity index (χ2n) is 3.73. The van der Waals surface area contributed by atoms with Crippen molar-refractivity contribution in [2.75, 3.05) is 20.3 Å². The highest BCUT2D eigenvalue weighted by atomic mass is 79.9. The zero-order chi connectivity index (χ0) is 12.6. The van der Waals surface area contributed by atoms with E-state index in [1.807, 2.05) is 0 Å². The number of hydrogen-bond acceptors (Lipinski definition) is 4. The Morgan fingerprint density at radius 2 is 2.35 bits per heavy atom. The van der Waals surface area contributed by atoms with Crippen LogP contribution in [0.25, 0.3) is 0 Å². The van der Waals surface area contributed by atoms with Crippen LogP contribution in [-0.2, 0) is 14.8 Å². The minimum atomic E-state index is -3.47. The van der Waals surface area contributed by atoms with Crippen LogP contribution < -0.4 is 0 Å². The van der Waals surface area contributed by atoms with Crippen molar-refractivity contribution in [1.82, 2.24) is 4.31 Å². The minimum absolute atomic E-state index is 0.0837. The lowest BCUT2D eigenvalue weighted by molar-refractivity contribution is 0.181. The van der Waals surface area contributed by atoms with Crippen molar-refractivity contribution in [3.05, 3.63) is 14.9 Å². The lowest BCUT2D eigenvalue weighted by Gasteiger charge is -2.21. The van der Waals surface area contributed by atoms with Crippen molar-refractivity contribution in [3.63, 3.8) is 0 Å². The van der Waals surface area contributed by atoms with E-state index in [1.54, 1.807) is 7.05 Å². The summed E-state index contributed by atoms with van der Waals surface area (Å²) in [6.45, 7) is 1.06. The van der Waals surface area contributed by atoms with E-state index >= 15 is 0 Å². The first-order chi connectivity index (χ1) is 7.93. The van der Waals surface area contributed by atoms with Crippen LogP contribution in [-0.4, -0.2) is 39.0 Å². The lowest BCUT2D eigenvalue weighted by atomic mass is 10.3. The molecule has 1 saturated heterocycles. The number of hydrogen-bond donors (Lipinski definition) is 0. The number of thiophene rings is 1. The molecule has 1 unspecified atom stereocenters. The maximum Gasteiger partial charge on any atom is 0.252 e. The molecule has 0 aromatic carbocycles. The fourth-order valence-corrected chi connectivity index (χ4v) is 5.56. The molecule has 17 heavy (non-hydrogen) atoms. The van der Waals surface area contributed by atoms with Crippen LogP contribution in [0.4, 0.5) is 0 Å². The van der Waals surface area contributed by atoms with Crippen LogP contribution in [0.1, 0.15) is 6.42 Å². The van der Waals surface area contributed by atoms with E-state index in [9.17, 15) is 8.42 Å². The van der Waals surface area contributed by atoms with Gasteiger partial charge in [-0.05, 0) is 28.4 Å². The third kappa shape index (κ3) is 2.69. The summed E-state index contributed by atoms with van der Waals surface area (Å²) < 4.78 is 32.0. The molecule has 1 aromatic rings. The van der Waals surface area contributed by atoms with Gasteiger partial charge in [0.15, 0.2) is 0 Å². The van der Waals surface area contributed by atoms with Gasteiger partial charge in [-0.2, -0.15) is 4.31 Å². The summed E-state index contributed by atoms with van der Waals surface area (Å²) in [5.74, 6) is 0. The highest BCUT2D eigenvalue weighted by molar-refractivity contribution is 9.11. The molecule has 1 aliphatic heterocycles. The Hall–Kier alpha value is 0.340. The number of rotatable bonds is 3. The summed E-state index contributed by atoms with van der Waals surface area (Å²) in [7, 11) is -1.89. The second-order valence-corrected chi connectivity index (χ2v) is 8.73. The number of ether oxygens (including phenoxy) is 1. The largest absolute Gasteiger partial charge is 0.380 e. The summed E-state index contributed by atoms with van der Waals surface area (Å²) >= 11 is 10.2. The Bertz CT molecular complexity index is 491. The third-order valence-electron chi connectivity index (χ3n) is 2.68. The SMILES string of the molecule is CN(C1CCOC1)S(=O)(=O)c1cc(Cl)c(Br)s1. The van der Waals surface area contributed by atoms with Gasteiger partial charge in [0.25, 0.3) is 10.0 Å². The van der Waals surface area contributed by atoms with Gasteiger partial charge < -0.3 is 4.74 Å². The van der Waals surface area contributed by atoms with Gasteiger partial charge >= 0.3 is 0 Å². The number of nitrogens with zero attached hydrogens (tertiary/aromatic N) is 1. The Morgan fingerprint density at radius 1 is 1.65 bits per heavy atom. The standard InChI is InChI=1S/C9H11BrClNO3S2/c1-12(6-2-3-15-5-6)17(13,14)8-4-7(11)9(10)16-8/h4,6H,2-3,5H2,1H3. The van der Waals surface area contributed by atoms with E-state index in [2.05, 4.69) is 15.9 Å². The van der Waals surface area contributed by atoms with Crippen molar-refractivity contribution in [2.24, 2.45) is 0 Å².